The molecule has 3 heterocycles. The molecule has 11 heteroatoms. The summed E-state index contributed by atoms with van der Waals surface area (Å²) in [6, 6.07) is 15.8. The van der Waals surface area contributed by atoms with Gasteiger partial charge in [0, 0.05) is 49.2 Å². The van der Waals surface area contributed by atoms with Gasteiger partial charge in [0.25, 0.3) is 0 Å². The van der Waals surface area contributed by atoms with Crippen LogP contribution in [-0.2, 0) is 16.1 Å². The number of aromatic nitrogens is 4. The van der Waals surface area contributed by atoms with Gasteiger partial charge in [-0.2, -0.15) is 10.1 Å². The molecule has 2 aromatic carbocycles. The van der Waals surface area contributed by atoms with E-state index in [2.05, 4.69) is 32.0 Å². The van der Waals surface area contributed by atoms with E-state index in [0.29, 0.717) is 42.1 Å². The number of nitrogens with zero attached hydrogens (tertiary/aromatic N) is 6. The van der Waals surface area contributed by atoms with E-state index in [-0.39, 0.29) is 11.9 Å². The first-order valence-corrected chi connectivity index (χ1v) is 13.2. The van der Waals surface area contributed by atoms with Crippen LogP contribution in [0, 0.1) is 0 Å². The third kappa shape index (κ3) is 6.21. The third-order valence-corrected chi connectivity index (χ3v) is 6.76. The number of carbonyl (C=O) groups excluding carboxylic acids is 1. The lowest BCUT2D eigenvalue weighted by atomic mass is 10.1. The second kappa shape index (κ2) is 12.2. The molecule has 11 nitrogen and oxygen atoms in total. The minimum Gasteiger partial charge on any atom is -0.494 e. The average Bonchev–Trinajstić information content (AvgIpc) is 3.36. The fourth-order valence-corrected chi connectivity index (χ4v) is 4.53. The van der Waals surface area contributed by atoms with Crippen LogP contribution in [0.4, 0.5) is 23.0 Å². The highest BCUT2D eigenvalue weighted by Crippen LogP contribution is 2.39. The Bertz CT molecular complexity index is 1530. The zero-order valence-electron chi connectivity index (χ0n) is 23.7. The lowest BCUT2D eigenvalue weighted by Crippen LogP contribution is -2.47. The van der Waals surface area contributed by atoms with E-state index in [1.165, 1.54) is 6.08 Å². The monoisotopic (exact) mass is 554 g/mol. The van der Waals surface area contributed by atoms with Crippen molar-refractivity contribution in [3.8, 4) is 22.8 Å². The SMILES string of the molecule is C=CC(=O)Nc1cc(Nc2nccc(-n3cc(CN(C)C)c(-c4ccccc4)n3)n2)c(OC)cc1N(C)C1COC1. The van der Waals surface area contributed by atoms with E-state index in [1.807, 2.05) is 63.7 Å². The average molecular weight is 555 g/mol. The number of hydrogen-bond acceptors (Lipinski definition) is 9. The molecule has 1 saturated heterocycles. The van der Waals surface area contributed by atoms with E-state index in [4.69, 9.17) is 19.6 Å². The molecule has 1 aliphatic rings. The maximum absolute atomic E-state index is 12.3. The van der Waals surface area contributed by atoms with E-state index in [1.54, 1.807) is 30.1 Å². The van der Waals surface area contributed by atoms with Gasteiger partial charge < -0.3 is 29.9 Å². The molecule has 5 rings (SSSR count). The van der Waals surface area contributed by atoms with E-state index in [9.17, 15) is 4.79 Å². The molecule has 0 spiro atoms. The molecule has 1 fully saturated rings. The van der Waals surface area contributed by atoms with Gasteiger partial charge >= 0.3 is 0 Å². The first-order valence-electron chi connectivity index (χ1n) is 13.2. The zero-order valence-corrected chi connectivity index (χ0v) is 23.7. The van der Waals surface area contributed by atoms with Crippen molar-refractivity contribution in [2.45, 2.75) is 12.6 Å². The Hall–Kier alpha value is -4.74. The topological polar surface area (TPSA) is 110 Å². The molecule has 1 aliphatic heterocycles. The van der Waals surface area contributed by atoms with Gasteiger partial charge in [-0.15, -0.1) is 0 Å². The summed E-state index contributed by atoms with van der Waals surface area (Å²) in [7, 11) is 7.61. The molecule has 0 aliphatic carbocycles. The summed E-state index contributed by atoms with van der Waals surface area (Å²) in [6.07, 6.45) is 4.90. The Kier molecular flexibility index (Phi) is 8.27. The van der Waals surface area contributed by atoms with Crippen molar-refractivity contribution < 1.29 is 14.3 Å². The number of ether oxygens (including phenoxy) is 2. The number of rotatable bonds is 11. The number of anilines is 4. The molecule has 41 heavy (non-hydrogen) atoms. The molecule has 212 valence electrons. The normalized spacial score (nSPS) is 13.0. The largest absolute Gasteiger partial charge is 0.494 e. The quantitative estimate of drug-likeness (QED) is 0.265. The molecule has 0 unspecified atom stereocenters. The van der Waals surface area contributed by atoms with Gasteiger partial charge in [-0.05, 0) is 26.2 Å². The molecule has 0 atom stereocenters. The molecule has 2 N–H and O–H groups in total. The summed E-state index contributed by atoms with van der Waals surface area (Å²) in [6.45, 7) is 5.54. The maximum Gasteiger partial charge on any atom is 0.247 e. The van der Waals surface area contributed by atoms with Crippen LogP contribution in [0.25, 0.3) is 17.1 Å². The van der Waals surface area contributed by atoms with Crippen LogP contribution in [0.15, 0.2) is 73.6 Å². The lowest BCUT2D eigenvalue weighted by Gasteiger charge is -2.37. The minimum atomic E-state index is -0.319. The first-order chi connectivity index (χ1) is 19.9. The molecule has 0 bridgehead atoms. The summed E-state index contributed by atoms with van der Waals surface area (Å²) < 4.78 is 12.8. The fourth-order valence-electron chi connectivity index (χ4n) is 4.53. The maximum atomic E-state index is 12.3. The van der Waals surface area contributed by atoms with Gasteiger partial charge in [0.2, 0.25) is 11.9 Å². The third-order valence-electron chi connectivity index (χ3n) is 6.76. The van der Waals surface area contributed by atoms with Crippen molar-refractivity contribution in [1.82, 2.24) is 24.6 Å². The van der Waals surface area contributed by atoms with Gasteiger partial charge in [-0.3, -0.25) is 4.79 Å². The molecule has 0 radical (unpaired) electrons. The standard InChI is InChI=1S/C30H34N8O3/c1-6-28(39)32-23-14-24(26(40-5)15-25(23)37(4)22-18-41-19-22)33-30-31-13-12-27(34-30)38-17-21(16-36(2)3)29(35-38)20-10-8-7-9-11-20/h6-15,17,22H,1,16,18-19H2,2-5H3,(H,32,39)(H,31,33,34). The van der Waals surface area contributed by atoms with Crippen LogP contribution in [-0.4, -0.2) is 78.1 Å². The number of carbonyl (C=O) groups is 1. The van der Waals surface area contributed by atoms with Crippen LogP contribution in [0.1, 0.15) is 5.56 Å². The van der Waals surface area contributed by atoms with Crippen molar-refractivity contribution in [3.63, 3.8) is 0 Å². The number of hydrogen-bond donors (Lipinski definition) is 2. The van der Waals surface area contributed by atoms with Gasteiger partial charge in [0.05, 0.1) is 49.1 Å². The van der Waals surface area contributed by atoms with Gasteiger partial charge in [-0.25, -0.2) is 9.67 Å². The van der Waals surface area contributed by atoms with Crippen molar-refractivity contribution >= 4 is 28.9 Å². The fraction of sp³-hybridized carbons (Fsp3) is 0.267. The number of benzene rings is 2. The molecule has 0 saturated carbocycles. The smallest absolute Gasteiger partial charge is 0.247 e. The predicted octanol–water partition coefficient (Wildman–Crippen LogP) is 4.10. The Morgan fingerprint density at radius 3 is 2.61 bits per heavy atom. The zero-order chi connectivity index (χ0) is 28.9. The first kappa shape index (κ1) is 27.8. The molecule has 4 aromatic rings. The Morgan fingerprint density at radius 2 is 1.95 bits per heavy atom. The van der Waals surface area contributed by atoms with Gasteiger partial charge in [0.15, 0.2) is 5.82 Å². The van der Waals surface area contributed by atoms with Crippen LogP contribution in [0.2, 0.25) is 0 Å². The van der Waals surface area contributed by atoms with E-state index >= 15 is 0 Å². The molecule has 2 aromatic heterocycles. The van der Waals surface area contributed by atoms with Crippen LogP contribution in [0.3, 0.4) is 0 Å². The minimum absolute atomic E-state index is 0.199. The highest BCUT2D eigenvalue weighted by atomic mass is 16.5. The van der Waals surface area contributed by atoms with Crippen LogP contribution < -0.4 is 20.3 Å². The number of amides is 1. The summed E-state index contributed by atoms with van der Waals surface area (Å²) in [5.41, 5.74) is 4.99. The molecule has 1 amide bonds. The Balaban J connectivity index is 1.49. The van der Waals surface area contributed by atoms with E-state index < -0.39 is 0 Å². The summed E-state index contributed by atoms with van der Waals surface area (Å²) >= 11 is 0. The highest BCUT2D eigenvalue weighted by Gasteiger charge is 2.26. The van der Waals surface area contributed by atoms with Gasteiger partial charge in [0.1, 0.15) is 5.75 Å². The summed E-state index contributed by atoms with van der Waals surface area (Å²) in [5.74, 6) is 1.20. The molecular weight excluding hydrogens is 520 g/mol. The lowest BCUT2D eigenvalue weighted by molar-refractivity contribution is -0.111. The second-order valence-corrected chi connectivity index (χ2v) is 9.98. The number of nitrogens with one attached hydrogen (secondary N) is 2. The van der Waals surface area contributed by atoms with Crippen LogP contribution in [0.5, 0.6) is 5.75 Å². The Labute approximate surface area is 239 Å². The number of likely N-dealkylation sites (N-methyl/N-ethyl adjacent to an activating group) is 1. The second-order valence-electron chi connectivity index (χ2n) is 9.98. The van der Waals surface area contributed by atoms with Crippen LogP contribution >= 0.6 is 0 Å². The number of methoxy groups -OCH3 is 1. The summed E-state index contributed by atoms with van der Waals surface area (Å²) in [4.78, 5) is 25.6. The molecular formula is C30H34N8O3. The van der Waals surface area contributed by atoms with Crippen molar-refractivity contribution in [2.75, 3.05) is 57.0 Å². The van der Waals surface area contributed by atoms with Crippen molar-refractivity contribution in [3.05, 3.63) is 79.1 Å². The highest BCUT2D eigenvalue weighted by molar-refractivity contribution is 6.02. The Morgan fingerprint density at radius 1 is 1.17 bits per heavy atom. The predicted molar refractivity (Wildman–Crippen MR) is 160 cm³/mol. The van der Waals surface area contributed by atoms with Crippen molar-refractivity contribution in [2.24, 2.45) is 0 Å². The van der Waals surface area contributed by atoms with Crippen molar-refractivity contribution in [1.29, 1.82) is 0 Å². The van der Waals surface area contributed by atoms with Gasteiger partial charge in [-0.1, -0.05) is 36.9 Å². The summed E-state index contributed by atoms with van der Waals surface area (Å²) in [5, 5.41) is 11.0. The van der Waals surface area contributed by atoms with E-state index in [0.717, 1.165) is 29.1 Å².